The van der Waals surface area contributed by atoms with Crippen molar-refractivity contribution in [1.29, 1.82) is 0 Å². The van der Waals surface area contributed by atoms with Gasteiger partial charge < -0.3 is 4.74 Å². The lowest BCUT2D eigenvalue weighted by molar-refractivity contribution is -0.144. The van der Waals surface area contributed by atoms with Gasteiger partial charge in [-0.05, 0) is 31.8 Å². The zero-order valence-electron chi connectivity index (χ0n) is 10.1. The van der Waals surface area contributed by atoms with Crippen molar-refractivity contribution >= 4 is 11.8 Å². The van der Waals surface area contributed by atoms with E-state index in [9.17, 15) is 9.59 Å². The summed E-state index contributed by atoms with van der Waals surface area (Å²) in [6.45, 7) is 7.58. The summed E-state index contributed by atoms with van der Waals surface area (Å²) < 4.78 is 4.62. The number of Topliss-reactive ketones (excluding diaryl/α,β-unsaturated/α-hetero) is 1. The smallest absolute Gasteiger partial charge is 0.306 e. The van der Waals surface area contributed by atoms with Gasteiger partial charge in [0.1, 0.15) is 0 Å². The van der Waals surface area contributed by atoms with Gasteiger partial charge in [0, 0.05) is 5.92 Å². The van der Waals surface area contributed by atoms with Crippen LogP contribution in [-0.4, -0.2) is 18.9 Å². The molecular formula is C13H18O3. The van der Waals surface area contributed by atoms with Crippen LogP contribution in [0.5, 0.6) is 0 Å². The van der Waals surface area contributed by atoms with Crippen LogP contribution in [0, 0.1) is 11.8 Å². The van der Waals surface area contributed by atoms with E-state index in [1.54, 1.807) is 6.92 Å². The van der Waals surface area contributed by atoms with Crippen molar-refractivity contribution in [3.63, 3.8) is 0 Å². The first kappa shape index (κ1) is 12.7. The molecule has 0 aromatic heterocycles. The van der Waals surface area contributed by atoms with Crippen molar-refractivity contribution in [2.75, 3.05) is 7.11 Å². The molecule has 0 N–H and O–H groups in total. The lowest BCUT2D eigenvalue weighted by Crippen LogP contribution is -2.31. The van der Waals surface area contributed by atoms with Crippen molar-refractivity contribution in [2.24, 2.45) is 11.8 Å². The highest BCUT2D eigenvalue weighted by molar-refractivity contribution is 5.99. The number of esters is 1. The Kier molecular flexibility index (Phi) is 4.05. The van der Waals surface area contributed by atoms with Gasteiger partial charge in [0.15, 0.2) is 5.78 Å². The highest BCUT2D eigenvalue weighted by atomic mass is 16.5. The standard InChI is InChI=1S/C13H18O3/c1-8(2)10-6-5-9(3)13(15)11(10)7-12(14)16-4/h5,10-11H,1,6-7H2,2-4H3/t10-,11-/m0/s1. The minimum Gasteiger partial charge on any atom is -0.469 e. The van der Waals surface area contributed by atoms with Gasteiger partial charge in [-0.3, -0.25) is 9.59 Å². The zero-order chi connectivity index (χ0) is 12.3. The Balaban J connectivity index is 2.90. The molecule has 88 valence electrons. The Morgan fingerprint density at radius 3 is 2.75 bits per heavy atom. The van der Waals surface area contributed by atoms with Crippen molar-refractivity contribution in [3.05, 3.63) is 23.8 Å². The first-order valence-corrected chi connectivity index (χ1v) is 5.40. The Labute approximate surface area is 96.2 Å². The van der Waals surface area contributed by atoms with Gasteiger partial charge in [0.05, 0.1) is 13.5 Å². The minimum atomic E-state index is -0.334. The molecule has 1 rings (SSSR count). The molecule has 3 heteroatoms. The van der Waals surface area contributed by atoms with Gasteiger partial charge in [0.25, 0.3) is 0 Å². The highest BCUT2D eigenvalue weighted by Crippen LogP contribution is 2.33. The molecule has 2 atom stereocenters. The third kappa shape index (κ3) is 2.60. The molecule has 3 nitrogen and oxygen atoms in total. The second kappa shape index (κ2) is 5.10. The third-order valence-corrected chi connectivity index (χ3v) is 3.14. The Hall–Kier alpha value is -1.38. The molecule has 0 radical (unpaired) electrons. The topological polar surface area (TPSA) is 43.4 Å². The molecule has 0 aromatic carbocycles. The van der Waals surface area contributed by atoms with E-state index in [4.69, 9.17) is 0 Å². The monoisotopic (exact) mass is 222 g/mol. The Morgan fingerprint density at radius 1 is 1.62 bits per heavy atom. The van der Waals surface area contributed by atoms with Crippen LogP contribution in [0.1, 0.15) is 26.7 Å². The average molecular weight is 222 g/mol. The third-order valence-electron chi connectivity index (χ3n) is 3.14. The number of allylic oxidation sites excluding steroid dienone is 3. The summed E-state index contributed by atoms with van der Waals surface area (Å²) in [7, 11) is 1.34. The van der Waals surface area contributed by atoms with E-state index < -0.39 is 0 Å². The van der Waals surface area contributed by atoms with Crippen LogP contribution < -0.4 is 0 Å². The Morgan fingerprint density at radius 2 is 2.25 bits per heavy atom. The predicted octanol–water partition coefficient (Wildman–Crippen LogP) is 2.28. The molecule has 0 aliphatic heterocycles. The maximum Gasteiger partial charge on any atom is 0.306 e. The average Bonchev–Trinajstić information content (AvgIpc) is 2.24. The maximum absolute atomic E-state index is 12.0. The van der Waals surface area contributed by atoms with E-state index in [0.717, 1.165) is 17.6 Å². The molecular weight excluding hydrogens is 204 g/mol. The lowest BCUT2D eigenvalue weighted by Gasteiger charge is -2.28. The summed E-state index contributed by atoms with van der Waals surface area (Å²) in [6.07, 6.45) is 2.86. The highest BCUT2D eigenvalue weighted by Gasteiger charge is 2.34. The number of ether oxygens (including phenoxy) is 1. The summed E-state index contributed by atoms with van der Waals surface area (Å²) in [6, 6.07) is 0. The van der Waals surface area contributed by atoms with Crippen LogP contribution >= 0.6 is 0 Å². The number of ketones is 1. The predicted molar refractivity (Wildman–Crippen MR) is 61.8 cm³/mol. The molecule has 0 aromatic rings. The summed E-state index contributed by atoms with van der Waals surface area (Å²) in [4.78, 5) is 23.3. The molecule has 16 heavy (non-hydrogen) atoms. The fourth-order valence-corrected chi connectivity index (χ4v) is 2.09. The first-order chi connectivity index (χ1) is 7.47. The van der Waals surface area contributed by atoms with Crippen LogP contribution in [0.15, 0.2) is 23.8 Å². The van der Waals surface area contributed by atoms with E-state index in [1.807, 2.05) is 13.0 Å². The number of carbonyl (C=O) groups excluding carboxylic acids is 2. The maximum atomic E-state index is 12.0. The quantitative estimate of drug-likeness (QED) is 0.543. The van der Waals surface area contributed by atoms with Gasteiger partial charge in [-0.2, -0.15) is 0 Å². The zero-order valence-corrected chi connectivity index (χ0v) is 10.1. The van der Waals surface area contributed by atoms with E-state index in [2.05, 4.69) is 11.3 Å². The first-order valence-electron chi connectivity index (χ1n) is 5.40. The minimum absolute atomic E-state index is 0.0460. The molecule has 0 unspecified atom stereocenters. The SMILES string of the molecule is C=C(C)[C@@H]1CC=C(C)C(=O)[C@H]1CC(=O)OC. The van der Waals surface area contributed by atoms with Crippen molar-refractivity contribution in [1.82, 2.24) is 0 Å². The number of methoxy groups -OCH3 is 1. The molecule has 1 aliphatic rings. The summed E-state index contributed by atoms with van der Waals surface area (Å²) in [5.41, 5.74) is 1.69. The van der Waals surface area contributed by atoms with Crippen LogP contribution in [0.3, 0.4) is 0 Å². The molecule has 0 saturated heterocycles. The summed E-state index contributed by atoms with van der Waals surface area (Å²) in [5.74, 6) is -0.519. The number of rotatable bonds is 3. The molecule has 0 amide bonds. The van der Waals surface area contributed by atoms with Gasteiger partial charge in [-0.25, -0.2) is 0 Å². The lowest BCUT2D eigenvalue weighted by atomic mass is 9.74. The van der Waals surface area contributed by atoms with Crippen LogP contribution in [0.25, 0.3) is 0 Å². The normalized spacial score (nSPS) is 24.9. The fourth-order valence-electron chi connectivity index (χ4n) is 2.09. The molecule has 0 bridgehead atoms. The number of hydrogen-bond donors (Lipinski definition) is 0. The second-order valence-corrected chi connectivity index (χ2v) is 4.33. The summed E-state index contributed by atoms with van der Waals surface area (Å²) in [5, 5.41) is 0. The summed E-state index contributed by atoms with van der Waals surface area (Å²) >= 11 is 0. The van der Waals surface area contributed by atoms with Gasteiger partial charge >= 0.3 is 5.97 Å². The second-order valence-electron chi connectivity index (χ2n) is 4.33. The van der Waals surface area contributed by atoms with E-state index in [-0.39, 0.29) is 30.0 Å². The molecule has 0 saturated carbocycles. The van der Waals surface area contributed by atoms with Gasteiger partial charge in [-0.15, -0.1) is 0 Å². The van der Waals surface area contributed by atoms with Gasteiger partial charge in [0.2, 0.25) is 0 Å². The van der Waals surface area contributed by atoms with Crippen LogP contribution in [-0.2, 0) is 14.3 Å². The Bertz CT molecular complexity index is 352. The van der Waals surface area contributed by atoms with Crippen molar-refractivity contribution in [3.8, 4) is 0 Å². The molecule has 0 heterocycles. The van der Waals surface area contributed by atoms with E-state index >= 15 is 0 Å². The molecule has 0 spiro atoms. The van der Waals surface area contributed by atoms with Gasteiger partial charge in [-0.1, -0.05) is 18.2 Å². The fraction of sp³-hybridized carbons (Fsp3) is 0.538. The van der Waals surface area contributed by atoms with Crippen LogP contribution in [0.2, 0.25) is 0 Å². The van der Waals surface area contributed by atoms with E-state index in [1.165, 1.54) is 7.11 Å². The van der Waals surface area contributed by atoms with Crippen LogP contribution in [0.4, 0.5) is 0 Å². The van der Waals surface area contributed by atoms with Crippen molar-refractivity contribution in [2.45, 2.75) is 26.7 Å². The van der Waals surface area contributed by atoms with Crippen molar-refractivity contribution < 1.29 is 14.3 Å². The number of carbonyl (C=O) groups is 2. The molecule has 0 fully saturated rings. The molecule has 1 aliphatic carbocycles. The number of hydrogen-bond acceptors (Lipinski definition) is 3. The van der Waals surface area contributed by atoms with E-state index in [0.29, 0.717) is 0 Å². The largest absolute Gasteiger partial charge is 0.469 e.